The summed E-state index contributed by atoms with van der Waals surface area (Å²) in [7, 11) is -3.60. The van der Waals surface area contributed by atoms with Crippen molar-refractivity contribution in [3.63, 3.8) is 0 Å². The number of nitrogens with one attached hydrogen (secondary N) is 1. The Kier molecular flexibility index (Phi) is 17.8. The minimum absolute atomic E-state index is 0.149. The van der Waals surface area contributed by atoms with Gasteiger partial charge in [-0.25, -0.2) is 13.1 Å². The van der Waals surface area contributed by atoms with Crippen LogP contribution >= 0.6 is 0 Å². The lowest BCUT2D eigenvalue weighted by atomic mass is 10.0. The molecule has 1 aliphatic heterocycles. The normalized spacial score (nSPS) is 15.8. The maximum Gasteiger partial charge on any atom is 0.241 e. The molecule has 2 aromatic rings. The van der Waals surface area contributed by atoms with Gasteiger partial charge in [0.2, 0.25) is 10.0 Å². The summed E-state index contributed by atoms with van der Waals surface area (Å²) in [4.78, 5) is 9.42. The predicted molar refractivity (Wildman–Crippen MR) is 183 cm³/mol. The van der Waals surface area contributed by atoms with Gasteiger partial charge in [0.25, 0.3) is 0 Å². The molecule has 0 radical (unpaired) electrons. The third kappa shape index (κ3) is 14.4. The van der Waals surface area contributed by atoms with Gasteiger partial charge in [-0.05, 0) is 32.0 Å². The summed E-state index contributed by atoms with van der Waals surface area (Å²) in [5.74, 6) is 0. The molecule has 1 saturated heterocycles. The van der Waals surface area contributed by atoms with Gasteiger partial charge in [-0.15, -0.1) is 0 Å². The van der Waals surface area contributed by atoms with Crippen molar-refractivity contribution in [1.29, 1.82) is 0 Å². The quantitative estimate of drug-likeness (QED) is 0.120. The van der Waals surface area contributed by atoms with Crippen LogP contribution in [0.4, 0.5) is 0 Å². The number of piperazine rings is 1. The Hall–Kier alpha value is -1.54. The molecule has 0 bridgehead atoms. The molecule has 244 valence electrons. The van der Waals surface area contributed by atoms with Crippen molar-refractivity contribution in [3.05, 3.63) is 36.7 Å². The number of benzene rings is 1. The van der Waals surface area contributed by atoms with Crippen molar-refractivity contribution >= 4 is 20.8 Å². The van der Waals surface area contributed by atoms with Crippen LogP contribution in [0, 0.1) is 0 Å². The van der Waals surface area contributed by atoms with Crippen LogP contribution in [-0.2, 0) is 10.0 Å². The van der Waals surface area contributed by atoms with Crippen LogP contribution in [-0.4, -0.2) is 68.5 Å². The molecule has 1 aliphatic rings. The second kappa shape index (κ2) is 21.2. The molecule has 1 N–H and O–H groups in total. The van der Waals surface area contributed by atoms with E-state index in [9.17, 15) is 8.42 Å². The molecule has 2 heterocycles. The largest absolute Gasteiger partial charge is 0.301 e. The van der Waals surface area contributed by atoms with Gasteiger partial charge < -0.3 is 4.90 Å². The number of nitrogens with zero attached hydrogens (tertiary/aromatic N) is 3. The topological polar surface area (TPSA) is 65.5 Å². The zero-order valence-electron chi connectivity index (χ0n) is 27.6. The number of aromatic nitrogens is 1. The fourth-order valence-electron chi connectivity index (χ4n) is 6.51. The molecular formula is C36H62N4O2S. The van der Waals surface area contributed by atoms with E-state index in [0.717, 1.165) is 38.1 Å². The summed E-state index contributed by atoms with van der Waals surface area (Å²) in [6.45, 7) is 10.4. The molecule has 6 nitrogen and oxygen atoms in total. The first-order valence-electron chi connectivity index (χ1n) is 17.8. The molecule has 0 spiro atoms. The minimum atomic E-state index is -3.60. The van der Waals surface area contributed by atoms with Crippen LogP contribution in [0.15, 0.2) is 41.6 Å². The maximum atomic E-state index is 13.1. The molecule has 1 aromatic heterocycles. The standard InChI is InChI=1S/C36H62N4O2S/c1-3-4-5-6-7-8-9-10-11-12-13-14-15-16-17-18-19-20-26-39-27-29-40(30-28-39)32-33(2)38-43(41,42)36-23-21-22-34-31-37-25-24-35(34)36/h21-25,31,33,38H,3-20,26-30,32H2,1-2H3/t33-/m1/s1. The van der Waals surface area contributed by atoms with Crippen LogP contribution in [0.1, 0.15) is 129 Å². The number of fused-ring (bicyclic) bond motifs is 1. The summed E-state index contributed by atoms with van der Waals surface area (Å²) < 4.78 is 29.2. The number of unbranched alkanes of at least 4 members (excludes halogenated alkanes) is 17. The molecule has 1 fully saturated rings. The van der Waals surface area contributed by atoms with E-state index >= 15 is 0 Å². The van der Waals surface area contributed by atoms with Crippen LogP contribution in [0.25, 0.3) is 10.8 Å². The monoisotopic (exact) mass is 614 g/mol. The molecule has 7 heteroatoms. The number of sulfonamides is 1. The number of pyridine rings is 1. The van der Waals surface area contributed by atoms with Crippen LogP contribution in [0.3, 0.4) is 0 Å². The Labute approximate surface area is 264 Å². The van der Waals surface area contributed by atoms with E-state index in [4.69, 9.17) is 0 Å². The highest BCUT2D eigenvalue weighted by atomic mass is 32.2. The Balaban J connectivity index is 1.14. The van der Waals surface area contributed by atoms with Crippen molar-refractivity contribution in [2.45, 2.75) is 140 Å². The highest BCUT2D eigenvalue weighted by Gasteiger charge is 2.23. The summed E-state index contributed by atoms with van der Waals surface area (Å²) in [5.41, 5.74) is 0. The number of hydrogen-bond donors (Lipinski definition) is 1. The number of hydrogen-bond acceptors (Lipinski definition) is 5. The highest BCUT2D eigenvalue weighted by Crippen LogP contribution is 2.22. The summed E-state index contributed by atoms with van der Waals surface area (Å²) >= 11 is 0. The van der Waals surface area contributed by atoms with Gasteiger partial charge in [-0.1, -0.05) is 128 Å². The maximum absolute atomic E-state index is 13.1. The van der Waals surface area contributed by atoms with Crippen molar-refractivity contribution in [3.8, 4) is 0 Å². The molecule has 0 amide bonds. The lowest BCUT2D eigenvalue weighted by molar-refractivity contribution is 0.125. The van der Waals surface area contributed by atoms with Gasteiger partial charge >= 0.3 is 0 Å². The fraction of sp³-hybridized carbons (Fsp3) is 0.750. The average Bonchev–Trinajstić information content (AvgIpc) is 3.00. The van der Waals surface area contributed by atoms with E-state index in [2.05, 4.69) is 26.4 Å². The zero-order valence-corrected chi connectivity index (χ0v) is 28.4. The van der Waals surface area contributed by atoms with E-state index in [1.54, 1.807) is 30.6 Å². The second-order valence-corrected chi connectivity index (χ2v) is 14.7. The summed E-state index contributed by atoms with van der Waals surface area (Å²) in [5, 5.41) is 1.55. The lowest BCUT2D eigenvalue weighted by Crippen LogP contribution is -2.50. The molecule has 0 saturated carbocycles. The third-order valence-corrected chi connectivity index (χ3v) is 10.8. The van der Waals surface area contributed by atoms with Gasteiger partial charge in [0.15, 0.2) is 0 Å². The van der Waals surface area contributed by atoms with Crippen LogP contribution < -0.4 is 4.72 Å². The number of rotatable bonds is 24. The molecule has 1 aromatic carbocycles. The Morgan fingerprint density at radius 3 is 1.79 bits per heavy atom. The SMILES string of the molecule is CCCCCCCCCCCCCCCCCCCCN1CCN(C[C@@H](C)NS(=O)(=O)c2cccc3cnccc23)CC1. The zero-order chi connectivity index (χ0) is 30.6. The van der Waals surface area contributed by atoms with Crippen molar-refractivity contribution < 1.29 is 8.42 Å². The first-order valence-corrected chi connectivity index (χ1v) is 19.3. The Morgan fingerprint density at radius 1 is 0.721 bits per heavy atom. The van der Waals surface area contributed by atoms with Crippen molar-refractivity contribution in [2.24, 2.45) is 0 Å². The average molecular weight is 615 g/mol. The molecule has 3 rings (SSSR count). The van der Waals surface area contributed by atoms with Crippen LogP contribution in [0.5, 0.6) is 0 Å². The van der Waals surface area contributed by atoms with Crippen LogP contribution in [0.2, 0.25) is 0 Å². The van der Waals surface area contributed by atoms with Gasteiger partial charge in [0, 0.05) is 61.9 Å². The van der Waals surface area contributed by atoms with E-state index in [-0.39, 0.29) is 6.04 Å². The molecule has 0 unspecified atom stereocenters. The first-order chi connectivity index (χ1) is 21.0. The van der Waals surface area contributed by atoms with Gasteiger partial charge in [0.05, 0.1) is 4.90 Å². The summed E-state index contributed by atoms with van der Waals surface area (Å²) in [6.07, 6.45) is 28.9. The Bertz CT molecular complexity index is 1100. The molecule has 1 atom stereocenters. The van der Waals surface area contributed by atoms with Gasteiger partial charge in [-0.2, -0.15) is 0 Å². The van der Waals surface area contributed by atoms with Crippen molar-refractivity contribution in [1.82, 2.24) is 19.5 Å². The van der Waals surface area contributed by atoms with E-state index in [0.29, 0.717) is 10.3 Å². The minimum Gasteiger partial charge on any atom is -0.301 e. The summed E-state index contributed by atoms with van der Waals surface area (Å²) in [6, 6.07) is 6.97. The van der Waals surface area contributed by atoms with Gasteiger partial charge in [-0.3, -0.25) is 9.88 Å². The van der Waals surface area contributed by atoms with Gasteiger partial charge in [0.1, 0.15) is 0 Å². The second-order valence-electron chi connectivity index (χ2n) is 13.0. The lowest BCUT2D eigenvalue weighted by Gasteiger charge is -2.36. The smallest absolute Gasteiger partial charge is 0.241 e. The molecule has 0 aliphatic carbocycles. The highest BCUT2D eigenvalue weighted by molar-refractivity contribution is 7.89. The van der Waals surface area contributed by atoms with E-state index in [1.807, 2.05) is 13.0 Å². The first kappa shape index (κ1) is 35.9. The molecular weight excluding hydrogens is 552 g/mol. The third-order valence-electron chi connectivity index (χ3n) is 9.11. The van der Waals surface area contributed by atoms with E-state index in [1.165, 1.54) is 122 Å². The van der Waals surface area contributed by atoms with E-state index < -0.39 is 10.0 Å². The van der Waals surface area contributed by atoms with Crippen molar-refractivity contribution in [2.75, 3.05) is 39.3 Å². The predicted octanol–water partition coefficient (Wildman–Crippen LogP) is 8.56. The Morgan fingerprint density at radius 2 is 1.23 bits per heavy atom. The fourth-order valence-corrected chi connectivity index (χ4v) is 7.98. The molecule has 43 heavy (non-hydrogen) atoms.